The summed E-state index contributed by atoms with van der Waals surface area (Å²) in [5, 5.41) is 0. The first-order valence-electron chi connectivity index (χ1n) is 4.29. The summed E-state index contributed by atoms with van der Waals surface area (Å²) < 4.78 is 40.9. The Bertz CT molecular complexity index is 277. The van der Waals surface area contributed by atoms with E-state index in [0.717, 1.165) is 7.11 Å². The average molecular weight is 225 g/mol. The summed E-state index contributed by atoms with van der Waals surface area (Å²) in [5.41, 5.74) is 0. The smallest absolute Gasteiger partial charge is 0.409 e. The summed E-state index contributed by atoms with van der Waals surface area (Å²) in [6, 6.07) is -1.74. The second kappa shape index (κ2) is 4.08. The molecule has 1 aliphatic rings. The standard InChI is InChI=1S/C8H10F3NO3/c1-15-7(14)2-3-12-5(4-6(12)13)8(9,10)11/h5H,2-4H2,1H3. The van der Waals surface area contributed by atoms with Crippen LogP contribution in [0.2, 0.25) is 0 Å². The molecule has 0 aromatic carbocycles. The zero-order valence-electron chi connectivity index (χ0n) is 8.00. The predicted octanol–water partition coefficient (Wildman–Crippen LogP) is 0.713. The number of methoxy groups -OCH3 is 1. The van der Waals surface area contributed by atoms with Crippen LogP contribution in [-0.4, -0.2) is 42.6 Å². The first-order chi connectivity index (χ1) is 6.86. The molecule has 1 aliphatic heterocycles. The van der Waals surface area contributed by atoms with Crippen LogP contribution < -0.4 is 0 Å². The van der Waals surface area contributed by atoms with E-state index in [-0.39, 0.29) is 13.0 Å². The Kier molecular flexibility index (Phi) is 3.21. The summed E-state index contributed by atoms with van der Waals surface area (Å²) >= 11 is 0. The zero-order chi connectivity index (χ0) is 11.6. The van der Waals surface area contributed by atoms with E-state index in [1.54, 1.807) is 0 Å². The van der Waals surface area contributed by atoms with Crippen molar-refractivity contribution < 1.29 is 27.5 Å². The molecule has 0 spiro atoms. The third-order valence-corrected chi connectivity index (χ3v) is 2.23. The molecule has 1 saturated heterocycles. The summed E-state index contributed by atoms with van der Waals surface area (Å²) in [4.78, 5) is 22.2. The molecular formula is C8H10F3NO3. The van der Waals surface area contributed by atoms with E-state index in [4.69, 9.17) is 0 Å². The van der Waals surface area contributed by atoms with Crippen molar-refractivity contribution in [3.63, 3.8) is 0 Å². The molecule has 0 aromatic rings. The maximum absolute atomic E-state index is 12.2. The van der Waals surface area contributed by atoms with Gasteiger partial charge in [-0.05, 0) is 0 Å². The lowest BCUT2D eigenvalue weighted by Crippen LogP contribution is -2.59. The Morgan fingerprint density at radius 3 is 2.60 bits per heavy atom. The molecule has 0 bridgehead atoms. The fourth-order valence-electron chi connectivity index (χ4n) is 1.34. The fraction of sp³-hybridized carbons (Fsp3) is 0.750. The molecule has 15 heavy (non-hydrogen) atoms. The van der Waals surface area contributed by atoms with E-state index in [1.165, 1.54) is 0 Å². The van der Waals surface area contributed by atoms with Crippen LogP contribution in [0.3, 0.4) is 0 Å². The van der Waals surface area contributed by atoms with Crippen LogP contribution in [0, 0.1) is 0 Å². The van der Waals surface area contributed by atoms with Gasteiger partial charge in [-0.15, -0.1) is 0 Å². The van der Waals surface area contributed by atoms with E-state index in [1.807, 2.05) is 0 Å². The van der Waals surface area contributed by atoms with E-state index in [0.29, 0.717) is 4.90 Å². The molecule has 86 valence electrons. The van der Waals surface area contributed by atoms with Crippen molar-refractivity contribution in [2.45, 2.75) is 25.1 Å². The quantitative estimate of drug-likeness (QED) is 0.525. The lowest BCUT2D eigenvalue weighted by Gasteiger charge is -2.41. The molecule has 1 amide bonds. The molecule has 1 unspecified atom stereocenters. The van der Waals surface area contributed by atoms with Crippen LogP contribution in [-0.2, 0) is 14.3 Å². The van der Waals surface area contributed by atoms with E-state index < -0.39 is 30.5 Å². The van der Waals surface area contributed by atoms with Gasteiger partial charge < -0.3 is 9.64 Å². The minimum absolute atomic E-state index is 0.213. The maximum atomic E-state index is 12.2. The van der Waals surface area contributed by atoms with Gasteiger partial charge in [0.05, 0.1) is 20.0 Å². The highest BCUT2D eigenvalue weighted by atomic mass is 19.4. The number of rotatable bonds is 3. The molecule has 7 heteroatoms. The number of nitrogens with zero attached hydrogens (tertiary/aromatic N) is 1. The van der Waals surface area contributed by atoms with Gasteiger partial charge >= 0.3 is 12.1 Å². The number of β-lactam (4-membered cyclic amide) rings is 1. The monoisotopic (exact) mass is 225 g/mol. The van der Waals surface area contributed by atoms with Crippen molar-refractivity contribution in [3.05, 3.63) is 0 Å². The number of alkyl halides is 3. The van der Waals surface area contributed by atoms with Crippen LogP contribution in [0.4, 0.5) is 13.2 Å². The molecule has 0 N–H and O–H groups in total. The summed E-state index contributed by atoms with van der Waals surface area (Å²) in [6.45, 7) is -0.240. The highest BCUT2D eigenvalue weighted by Crippen LogP contribution is 2.34. The minimum Gasteiger partial charge on any atom is -0.469 e. The van der Waals surface area contributed by atoms with Gasteiger partial charge in [0, 0.05) is 6.54 Å². The average Bonchev–Trinajstić information content (AvgIpc) is 2.12. The van der Waals surface area contributed by atoms with Crippen LogP contribution in [0.1, 0.15) is 12.8 Å². The normalized spacial score (nSPS) is 21.2. The molecular weight excluding hydrogens is 215 g/mol. The molecule has 4 nitrogen and oxygen atoms in total. The van der Waals surface area contributed by atoms with Crippen LogP contribution in [0.15, 0.2) is 0 Å². The van der Waals surface area contributed by atoms with Crippen molar-refractivity contribution in [3.8, 4) is 0 Å². The number of carbonyl (C=O) groups is 2. The lowest BCUT2D eigenvalue weighted by molar-refractivity contribution is -0.213. The Hall–Kier alpha value is -1.27. The largest absolute Gasteiger partial charge is 0.469 e. The SMILES string of the molecule is COC(=O)CCN1C(=O)CC1C(F)(F)F. The predicted molar refractivity (Wildman–Crippen MR) is 42.8 cm³/mol. The maximum Gasteiger partial charge on any atom is 0.409 e. The van der Waals surface area contributed by atoms with Gasteiger partial charge in [-0.25, -0.2) is 0 Å². The molecule has 1 atom stereocenters. The molecule has 1 fully saturated rings. The van der Waals surface area contributed by atoms with Gasteiger partial charge in [0.1, 0.15) is 6.04 Å². The second-order valence-electron chi connectivity index (χ2n) is 3.17. The minimum atomic E-state index is -4.41. The van der Waals surface area contributed by atoms with E-state index >= 15 is 0 Å². The van der Waals surface area contributed by atoms with Gasteiger partial charge in [-0.3, -0.25) is 9.59 Å². The fourth-order valence-corrected chi connectivity index (χ4v) is 1.34. The first kappa shape index (κ1) is 11.8. The molecule has 0 aromatic heterocycles. The zero-order valence-corrected chi connectivity index (χ0v) is 8.00. The van der Waals surface area contributed by atoms with Crippen molar-refractivity contribution >= 4 is 11.9 Å². The third kappa shape index (κ3) is 2.60. The van der Waals surface area contributed by atoms with Gasteiger partial charge in [-0.1, -0.05) is 0 Å². The van der Waals surface area contributed by atoms with Crippen LogP contribution in [0.5, 0.6) is 0 Å². The molecule has 1 rings (SSSR count). The van der Waals surface area contributed by atoms with Crippen molar-refractivity contribution in [1.29, 1.82) is 0 Å². The van der Waals surface area contributed by atoms with Crippen molar-refractivity contribution in [2.75, 3.05) is 13.7 Å². The Balaban J connectivity index is 2.46. The number of amides is 1. The Morgan fingerprint density at radius 2 is 2.20 bits per heavy atom. The molecule has 1 heterocycles. The molecule has 0 radical (unpaired) electrons. The highest BCUT2D eigenvalue weighted by molar-refractivity contribution is 5.84. The van der Waals surface area contributed by atoms with Gasteiger partial charge in [-0.2, -0.15) is 13.2 Å². The summed E-state index contributed by atoms with van der Waals surface area (Å²) in [7, 11) is 1.14. The summed E-state index contributed by atoms with van der Waals surface area (Å²) in [5.74, 6) is -1.21. The third-order valence-electron chi connectivity index (χ3n) is 2.23. The summed E-state index contributed by atoms with van der Waals surface area (Å²) in [6.07, 6.45) is -5.15. The second-order valence-corrected chi connectivity index (χ2v) is 3.17. The Labute approximate surface area is 84.0 Å². The van der Waals surface area contributed by atoms with Crippen LogP contribution >= 0.6 is 0 Å². The molecule has 0 saturated carbocycles. The topological polar surface area (TPSA) is 46.6 Å². The van der Waals surface area contributed by atoms with Crippen LogP contribution in [0.25, 0.3) is 0 Å². The number of carbonyl (C=O) groups excluding carboxylic acids is 2. The van der Waals surface area contributed by atoms with E-state index in [2.05, 4.69) is 4.74 Å². The van der Waals surface area contributed by atoms with Crippen molar-refractivity contribution in [1.82, 2.24) is 4.90 Å². The van der Waals surface area contributed by atoms with E-state index in [9.17, 15) is 22.8 Å². The first-order valence-corrected chi connectivity index (χ1v) is 4.29. The van der Waals surface area contributed by atoms with Gasteiger partial charge in [0.15, 0.2) is 0 Å². The number of hydrogen-bond acceptors (Lipinski definition) is 3. The number of esters is 1. The molecule has 0 aliphatic carbocycles. The van der Waals surface area contributed by atoms with Crippen molar-refractivity contribution in [2.24, 2.45) is 0 Å². The number of ether oxygens (including phenoxy) is 1. The lowest BCUT2D eigenvalue weighted by atomic mass is 10.0. The van der Waals surface area contributed by atoms with Gasteiger partial charge in [0.2, 0.25) is 5.91 Å². The van der Waals surface area contributed by atoms with Gasteiger partial charge in [0.25, 0.3) is 0 Å². The highest BCUT2D eigenvalue weighted by Gasteiger charge is 2.53. The number of likely N-dealkylation sites (tertiary alicyclic amines) is 1. The number of halogens is 3. The number of hydrogen-bond donors (Lipinski definition) is 0. The Morgan fingerprint density at radius 1 is 1.60 bits per heavy atom.